The van der Waals surface area contributed by atoms with E-state index in [0.717, 1.165) is 29.7 Å². The molecule has 26 heavy (non-hydrogen) atoms. The Morgan fingerprint density at radius 1 is 1.31 bits per heavy atom. The number of rotatable bonds is 4. The van der Waals surface area contributed by atoms with Gasteiger partial charge in [0.05, 0.1) is 17.0 Å². The first-order valence-corrected chi connectivity index (χ1v) is 10.2. The molecule has 2 aromatic heterocycles. The molecule has 0 aliphatic heterocycles. The Balaban J connectivity index is 1.91. The third kappa shape index (κ3) is 3.96. The molecule has 1 aliphatic carbocycles. The van der Waals surface area contributed by atoms with Crippen LogP contribution >= 0.6 is 22.7 Å². The predicted molar refractivity (Wildman–Crippen MR) is 102 cm³/mol. The van der Waals surface area contributed by atoms with E-state index in [1.165, 1.54) is 22.7 Å². The Morgan fingerprint density at radius 2 is 2.12 bits per heavy atom. The van der Waals surface area contributed by atoms with Crippen molar-refractivity contribution in [1.82, 2.24) is 5.32 Å². The van der Waals surface area contributed by atoms with Crippen molar-refractivity contribution < 1.29 is 19.1 Å². The summed E-state index contributed by atoms with van der Waals surface area (Å²) in [6, 6.07) is 3.53. The summed E-state index contributed by atoms with van der Waals surface area (Å²) in [5, 5.41) is 7.41. The van der Waals surface area contributed by atoms with Crippen molar-refractivity contribution in [3.8, 4) is 0 Å². The molecule has 138 valence electrons. The van der Waals surface area contributed by atoms with Gasteiger partial charge in [-0.05, 0) is 49.1 Å². The molecule has 1 atom stereocenters. The van der Waals surface area contributed by atoms with Crippen molar-refractivity contribution >= 4 is 45.6 Å². The van der Waals surface area contributed by atoms with Gasteiger partial charge in [0.2, 0.25) is 0 Å². The second kappa shape index (κ2) is 8.01. The summed E-state index contributed by atoms with van der Waals surface area (Å²) < 4.78 is 4.80. The van der Waals surface area contributed by atoms with E-state index in [1.807, 2.05) is 5.38 Å². The van der Waals surface area contributed by atoms with E-state index in [-0.39, 0.29) is 12.5 Å². The third-order valence-electron chi connectivity index (χ3n) is 4.20. The van der Waals surface area contributed by atoms with Crippen molar-refractivity contribution in [2.24, 2.45) is 5.92 Å². The highest BCUT2D eigenvalue weighted by molar-refractivity contribution is 7.17. The highest BCUT2D eigenvalue weighted by Crippen LogP contribution is 2.40. The van der Waals surface area contributed by atoms with Crippen molar-refractivity contribution in [1.29, 1.82) is 0 Å². The molecule has 1 aliphatic rings. The fraction of sp³-hybridized carbons (Fsp3) is 0.389. The number of hydrogen-bond acceptors (Lipinski definition) is 6. The second-order valence-electron chi connectivity index (χ2n) is 6.16. The van der Waals surface area contributed by atoms with Gasteiger partial charge in [0.1, 0.15) is 5.00 Å². The maximum atomic E-state index is 12.7. The number of carbonyl (C=O) groups is 3. The molecule has 0 spiro atoms. The normalized spacial score (nSPS) is 15.8. The molecule has 6 nitrogen and oxygen atoms in total. The smallest absolute Gasteiger partial charge is 0.414 e. The average molecular weight is 393 g/mol. The van der Waals surface area contributed by atoms with E-state index in [2.05, 4.69) is 17.6 Å². The van der Waals surface area contributed by atoms with E-state index in [1.54, 1.807) is 19.1 Å². The monoisotopic (exact) mass is 392 g/mol. The lowest BCUT2D eigenvalue weighted by Gasteiger charge is -2.18. The molecular formula is C18H20N2O4S2. The number of imide groups is 1. The maximum Gasteiger partial charge on any atom is 0.414 e. The van der Waals surface area contributed by atoms with Gasteiger partial charge in [-0.25, -0.2) is 4.79 Å². The quantitative estimate of drug-likeness (QED) is 0.821. The van der Waals surface area contributed by atoms with Crippen LogP contribution < -0.4 is 10.6 Å². The molecule has 2 heterocycles. The zero-order valence-corrected chi connectivity index (χ0v) is 16.2. The Bertz CT molecular complexity index is 827. The van der Waals surface area contributed by atoms with Crippen LogP contribution in [0.25, 0.3) is 0 Å². The van der Waals surface area contributed by atoms with Crippen LogP contribution in [0.4, 0.5) is 9.80 Å². The summed E-state index contributed by atoms with van der Waals surface area (Å²) in [5.74, 6) is -0.253. The molecule has 0 saturated carbocycles. The van der Waals surface area contributed by atoms with Gasteiger partial charge in [-0.3, -0.25) is 14.9 Å². The number of carbonyl (C=O) groups excluding carboxylic acids is 3. The zero-order valence-electron chi connectivity index (χ0n) is 14.6. The fourth-order valence-corrected chi connectivity index (χ4v) is 5.00. The number of alkyl carbamates (subject to hydrolysis) is 1. The Morgan fingerprint density at radius 3 is 2.81 bits per heavy atom. The van der Waals surface area contributed by atoms with Crippen LogP contribution in [-0.4, -0.2) is 24.5 Å². The molecule has 0 saturated heterocycles. The number of thiophene rings is 2. The van der Waals surface area contributed by atoms with Crippen LogP contribution in [0, 0.1) is 5.92 Å². The zero-order chi connectivity index (χ0) is 18.7. The number of hydrogen-bond donors (Lipinski definition) is 2. The molecule has 3 rings (SSSR count). The summed E-state index contributed by atoms with van der Waals surface area (Å²) in [5.41, 5.74) is 1.31. The molecule has 2 N–H and O–H groups in total. The van der Waals surface area contributed by atoms with E-state index in [9.17, 15) is 14.4 Å². The van der Waals surface area contributed by atoms with Crippen molar-refractivity contribution in [3.63, 3.8) is 0 Å². The van der Waals surface area contributed by atoms with E-state index in [0.29, 0.717) is 21.4 Å². The number of amides is 3. The summed E-state index contributed by atoms with van der Waals surface area (Å²) in [4.78, 5) is 38.4. The fourth-order valence-electron chi connectivity index (χ4n) is 2.97. The van der Waals surface area contributed by atoms with Crippen molar-refractivity contribution in [2.75, 3.05) is 11.9 Å². The molecule has 0 bridgehead atoms. The lowest BCUT2D eigenvalue weighted by molar-refractivity contribution is 0.0925. The third-order valence-corrected chi connectivity index (χ3v) is 6.24. The number of nitrogens with one attached hydrogen (secondary N) is 2. The van der Waals surface area contributed by atoms with Gasteiger partial charge in [0, 0.05) is 4.88 Å². The van der Waals surface area contributed by atoms with Gasteiger partial charge < -0.3 is 10.1 Å². The maximum absolute atomic E-state index is 12.7. The lowest BCUT2D eigenvalue weighted by atomic mass is 9.88. The molecular weight excluding hydrogens is 372 g/mol. The minimum Gasteiger partial charge on any atom is -0.450 e. The van der Waals surface area contributed by atoms with Crippen LogP contribution in [0.5, 0.6) is 0 Å². The standard InChI is InChI=1S/C18H20N2O4S2/c1-3-24-18(23)20-16(22)14-11-7-6-10(2)9-13(11)26-17(14)19-15(21)12-5-4-8-25-12/h4-5,8,10H,3,6-7,9H2,1-2H3,(H,19,21)(H,20,22,23)/t10-/m1/s1. The first-order chi connectivity index (χ1) is 12.5. The largest absolute Gasteiger partial charge is 0.450 e. The van der Waals surface area contributed by atoms with Crippen LogP contribution in [-0.2, 0) is 17.6 Å². The molecule has 8 heteroatoms. The number of anilines is 1. The highest BCUT2D eigenvalue weighted by atomic mass is 32.1. The molecule has 3 amide bonds. The summed E-state index contributed by atoms with van der Waals surface area (Å²) in [6.45, 7) is 4.02. The molecule has 0 unspecified atom stereocenters. The van der Waals surface area contributed by atoms with Crippen LogP contribution in [0.1, 0.15) is 50.7 Å². The molecule has 0 fully saturated rings. The molecule has 0 aromatic carbocycles. The Labute approximate surface area is 159 Å². The minimum atomic E-state index is -0.780. The van der Waals surface area contributed by atoms with Crippen molar-refractivity contribution in [3.05, 3.63) is 38.4 Å². The molecule has 2 aromatic rings. The first-order valence-electron chi connectivity index (χ1n) is 8.47. The predicted octanol–water partition coefficient (Wildman–Crippen LogP) is 4.07. The summed E-state index contributed by atoms with van der Waals surface area (Å²) >= 11 is 2.75. The Kier molecular flexibility index (Phi) is 5.73. The first kappa shape index (κ1) is 18.6. The second-order valence-corrected chi connectivity index (χ2v) is 8.21. The topological polar surface area (TPSA) is 84.5 Å². The van der Waals surface area contributed by atoms with Crippen LogP contribution in [0.15, 0.2) is 17.5 Å². The van der Waals surface area contributed by atoms with Crippen LogP contribution in [0.2, 0.25) is 0 Å². The highest BCUT2D eigenvalue weighted by Gasteiger charge is 2.29. The van der Waals surface area contributed by atoms with Gasteiger partial charge in [-0.15, -0.1) is 22.7 Å². The number of ether oxygens (including phenoxy) is 1. The van der Waals surface area contributed by atoms with E-state index >= 15 is 0 Å². The lowest BCUT2D eigenvalue weighted by Crippen LogP contribution is -2.32. The van der Waals surface area contributed by atoms with Gasteiger partial charge in [0.15, 0.2) is 0 Å². The van der Waals surface area contributed by atoms with Gasteiger partial charge in [-0.1, -0.05) is 13.0 Å². The number of fused-ring (bicyclic) bond motifs is 1. The van der Waals surface area contributed by atoms with Gasteiger partial charge in [-0.2, -0.15) is 0 Å². The van der Waals surface area contributed by atoms with Gasteiger partial charge >= 0.3 is 6.09 Å². The van der Waals surface area contributed by atoms with Gasteiger partial charge in [0.25, 0.3) is 11.8 Å². The van der Waals surface area contributed by atoms with E-state index in [4.69, 9.17) is 4.74 Å². The van der Waals surface area contributed by atoms with E-state index < -0.39 is 12.0 Å². The Hall–Kier alpha value is -2.19. The van der Waals surface area contributed by atoms with Crippen LogP contribution in [0.3, 0.4) is 0 Å². The SMILES string of the molecule is CCOC(=O)NC(=O)c1c(NC(=O)c2cccs2)sc2c1CC[C@@H](C)C2. The average Bonchev–Trinajstić information content (AvgIpc) is 3.21. The van der Waals surface area contributed by atoms with Crippen molar-refractivity contribution in [2.45, 2.75) is 33.1 Å². The molecule has 0 radical (unpaired) electrons. The summed E-state index contributed by atoms with van der Waals surface area (Å²) in [7, 11) is 0. The minimum absolute atomic E-state index is 0.181. The summed E-state index contributed by atoms with van der Waals surface area (Å²) in [6.07, 6.45) is 1.82.